The Kier molecular flexibility index (Phi) is 5.23. The van der Waals surface area contributed by atoms with E-state index >= 15 is 0 Å². The molecule has 128 valence electrons. The Bertz CT molecular complexity index is 558. The first kappa shape index (κ1) is 17.5. The van der Waals surface area contributed by atoms with Crippen LogP contribution < -0.4 is 10.6 Å². The van der Waals surface area contributed by atoms with Gasteiger partial charge >= 0.3 is 0 Å². The number of thiophene rings is 1. The highest BCUT2D eigenvalue weighted by molar-refractivity contribution is 14.0. The van der Waals surface area contributed by atoms with E-state index in [0.717, 1.165) is 12.6 Å². The summed E-state index contributed by atoms with van der Waals surface area (Å²) in [5.74, 6) is 1.61. The second-order valence-corrected chi connectivity index (χ2v) is 7.89. The quantitative estimate of drug-likeness (QED) is 0.423. The van der Waals surface area contributed by atoms with Gasteiger partial charge in [0.05, 0.1) is 12.1 Å². The smallest absolute Gasteiger partial charge is 0.191 e. The molecule has 1 spiro atoms. The molecule has 3 fully saturated rings. The molecule has 2 heterocycles. The van der Waals surface area contributed by atoms with Crippen LogP contribution >= 0.6 is 35.3 Å². The van der Waals surface area contributed by atoms with Crippen molar-refractivity contribution in [3.8, 4) is 0 Å². The van der Waals surface area contributed by atoms with Gasteiger partial charge in [0.1, 0.15) is 0 Å². The van der Waals surface area contributed by atoms with E-state index in [1.807, 2.05) is 7.05 Å². The van der Waals surface area contributed by atoms with E-state index in [-0.39, 0.29) is 24.0 Å². The summed E-state index contributed by atoms with van der Waals surface area (Å²) in [5.41, 5.74) is 0.394. The Balaban J connectivity index is 0.00000156. The lowest BCUT2D eigenvalue weighted by atomic mass is 9.46. The van der Waals surface area contributed by atoms with Gasteiger partial charge in [-0.1, -0.05) is 12.5 Å². The maximum atomic E-state index is 6.00. The van der Waals surface area contributed by atoms with Crippen LogP contribution in [0.5, 0.6) is 0 Å². The summed E-state index contributed by atoms with van der Waals surface area (Å²) in [6.45, 7) is 3.13. The number of fused-ring (bicyclic) bond motifs is 2. The molecule has 1 aromatic heterocycles. The van der Waals surface area contributed by atoms with Crippen molar-refractivity contribution in [1.29, 1.82) is 0 Å². The van der Waals surface area contributed by atoms with Crippen LogP contribution in [0.1, 0.15) is 43.5 Å². The van der Waals surface area contributed by atoms with Crippen molar-refractivity contribution in [3.63, 3.8) is 0 Å². The fraction of sp³-hybridized carbons (Fsp3) is 0.706. The predicted octanol–water partition coefficient (Wildman–Crippen LogP) is 3.55. The van der Waals surface area contributed by atoms with Crippen molar-refractivity contribution < 1.29 is 4.74 Å². The maximum Gasteiger partial charge on any atom is 0.191 e. The first-order valence-corrected chi connectivity index (χ1v) is 9.27. The lowest BCUT2D eigenvalue weighted by Crippen LogP contribution is -2.72. The molecule has 2 aliphatic carbocycles. The standard InChI is InChI=1S/C17H25N3OS.HI/c1-11(13-5-3-10-22-13)19-16(18-2)20-14-12-6-9-21-15(12)17(14)7-4-8-17;/h3,5,10-12,14-15H,4,6-9H2,1-2H3,(H2,18,19,20);1H. The van der Waals surface area contributed by atoms with Crippen LogP contribution in [0.4, 0.5) is 0 Å². The third-order valence-corrected chi connectivity index (χ3v) is 6.93. The minimum absolute atomic E-state index is 0. The second-order valence-electron chi connectivity index (χ2n) is 6.91. The largest absolute Gasteiger partial charge is 0.377 e. The molecule has 2 N–H and O–H groups in total. The molecule has 1 aromatic rings. The van der Waals surface area contributed by atoms with Gasteiger partial charge in [-0.3, -0.25) is 4.99 Å². The molecule has 4 nitrogen and oxygen atoms in total. The molecular formula is C17H26IN3OS. The topological polar surface area (TPSA) is 45.7 Å². The zero-order chi connectivity index (χ0) is 15.2. The zero-order valence-electron chi connectivity index (χ0n) is 13.7. The van der Waals surface area contributed by atoms with E-state index in [0.29, 0.717) is 29.5 Å². The molecule has 1 saturated heterocycles. The van der Waals surface area contributed by atoms with E-state index in [1.54, 1.807) is 11.3 Å². The van der Waals surface area contributed by atoms with Crippen LogP contribution in [0.25, 0.3) is 0 Å². The predicted molar refractivity (Wildman–Crippen MR) is 106 cm³/mol. The zero-order valence-corrected chi connectivity index (χ0v) is 16.9. The van der Waals surface area contributed by atoms with E-state index in [2.05, 4.69) is 40.1 Å². The Hall–Kier alpha value is -0.340. The van der Waals surface area contributed by atoms with Crippen molar-refractivity contribution in [3.05, 3.63) is 22.4 Å². The molecule has 4 rings (SSSR count). The van der Waals surface area contributed by atoms with Crippen LogP contribution in [-0.2, 0) is 4.74 Å². The molecule has 0 amide bonds. The Labute approximate surface area is 159 Å². The number of nitrogens with one attached hydrogen (secondary N) is 2. The molecule has 23 heavy (non-hydrogen) atoms. The van der Waals surface area contributed by atoms with Gasteiger partial charge < -0.3 is 15.4 Å². The third kappa shape index (κ3) is 2.80. The summed E-state index contributed by atoms with van der Waals surface area (Å²) in [4.78, 5) is 5.80. The molecule has 2 saturated carbocycles. The number of nitrogens with zero attached hydrogens (tertiary/aromatic N) is 1. The summed E-state index contributed by atoms with van der Waals surface area (Å²) >= 11 is 1.79. The minimum atomic E-state index is 0. The molecule has 0 bridgehead atoms. The van der Waals surface area contributed by atoms with Crippen molar-refractivity contribution in [2.24, 2.45) is 16.3 Å². The molecule has 1 aliphatic heterocycles. The van der Waals surface area contributed by atoms with Gasteiger partial charge in [-0.15, -0.1) is 35.3 Å². The van der Waals surface area contributed by atoms with Crippen molar-refractivity contribution in [2.75, 3.05) is 13.7 Å². The summed E-state index contributed by atoms with van der Waals surface area (Å²) < 4.78 is 6.00. The van der Waals surface area contributed by atoms with Crippen LogP contribution in [-0.4, -0.2) is 31.8 Å². The van der Waals surface area contributed by atoms with Gasteiger partial charge in [0.15, 0.2) is 5.96 Å². The fourth-order valence-corrected chi connectivity index (χ4v) is 5.32. The molecule has 0 aromatic carbocycles. The maximum absolute atomic E-state index is 6.00. The minimum Gasteiger partial charge on any atom is -0.377 e. The van der Waals surface area contributed by atoms with E-state index in [9.17, 15) is 0 Å². The monoisotopic (exact) mass is 447 g/mol. The SMILES string of the molecule is CN=C(NC(C)c1cccs1)NC1C2CCOC2C12CCC2.I. The molecule has 6 heteroatoms. The number of hydrogen-bond acceptors (Lipinski definition) is 3. The van der Waals surface area contributed by atoms with Crippen LogP contribution in [0.3, 0.4) is 0 Å². The van der Waals surface area contributed by atoms with E-state index in [4.69, 9.17) is 4.74 Å². The van der Waals surface area contributed by atoms with Gasteiger partial charge in [0.2, 0.25) is 0 Å². The lowest BCUT2D eigenvalue weighted by molar-refractivity contribution is -0.171. The lowest BCUT2D eigenvalue weighted by Gasteiger charge is -2.63. The number of guanidine groups is 1. The number of rotatable bonds is 3. The van der Waals surface area contributed by atoms with Crippen molar-refractivity contribution >= 4 is 41.3 Å². The highest BCUT2D eigenvalue weighted by Crippen LogP contribution is 2.62. The van der Waals surface area contributed by atoms with Crippen LogP contribution in [0.15, 0.2) is 22.5 Å². The molecule has 0 radical (unpaired) electrons. The molecule has 4 atom stereocenters. The van der Waals surface area contributed by atoms with E-state index in [1.165, 1.54) is 30.6 Å². The fourth-order valence-electron chi connectivity index (χ4n) is 4.59. The molecule has 4 unspecified atom stereocenters. The number of hydrogen-bond donors (Lipinski definition) is 2. The summed E-state index contributed by atoms with van der Waals surface area (Å²) in [6, 6.07) is 5.10. The Morgan fingerprint density at radius 2 is 2.30 bits per heavy atom. The van der Waals surface area contributed by atoms with Gasteiger partial charge in [-0.25, -0.2) is 0 Å². The summed E-state index contributed by atoms with van der Waals surface area (Å²) in [6.07, 6.45) is 5.67. The second kappa shape index (κ2) is 6.88. The normalized spacial score (nSPS) is 32.3. The van der Waals surface area contributed by atoms with Gasteiger partial charge in [-0.2, -0.15) is 0 Å². The highest BCUT2D eigenvalue weighted by atomic mass is 127. The summed E-state index contributed by atoms with van der Waals surface area (Å²) in [7, 11) is 1.87. The Morgan fingerprint density at radius 3 is 2.91 bits per heavy atom. The first-order valence-electron chi connectivity index (χ1n) is 8.39. The molecular weight excluding hydrogens is 421 g/mol. The van der Waals surface area contributed by atoms with Gasteiger partial charge in [0, 0.05) is 35.9 Å². The average molecular weight is 447 g/mol. The van der Waals surface area contributed by atoms with Crippen LogP contribution in [0.2, 0.25) is 0 Å². The first-order chi connectivity index (χ1) is 10.7. The Morgan fingerprint density at radius 1 is 1.48 bits per heavy atom. The van der Waals surface area contributed by atoms with Crippen molar-refractivity contribution in [1.82, 2.24) is 10.6 Å². The van der Waals surface area contributed by atoms with Crippen molar-refractivity contribution in [2.45, 2.75) is 50.8 Å². The number of halogens is 1. The van der Waals surface area contributed by atoms with Gasteiger partial charge in [-0.05, 0) is 37.6 Å². The van der Waals surface area contributed by atoms with E-state index < -0.39 is 0 Å². The summed E-state index contributed by atoms with van der Waals surface area (Å²) in [5, 5.41) is 9.39. The number of aliphatic imine (C=N–C) groups is 1. The highest BCUT2D eigenvalue weighted by Gasteiger charge is 2.66. The van der Waals surface area contributed by atoms with Gasteiger partial charge in [0.25, 0.3) is 0 Å². The average Bonchev–Trinajstić information content (AvgIpc) is 3.11. The number of ether oxygens (including phenoxy) is 1. The van der Waals surface area contributed by atoms with Crippen LogP contribution in [0, 0.1) is 11.3 Å². The third-order valence-electron chi connectivity index (χ3n) is 5.88. The molecule has 3 aliphatic rings.